The van der Waals surface area contributed by atoms with Crippen LogP contribution in [-0.4, -0.2) is 65.9 Å². The van der Waals surface area contributed by atoms with Crippen molar-refractivity contribution >= 4 is 50.0 Å². The van der Waals surface area contributed by atoms with Crippen LogP contribution in [0.25, 0.3) is 26.8 Å². The number of nitrogens with zero attached hydrogens (tertiary/aromatic N) is 4. The summed E-state index contributed by atoms with van der Waals surface area (Å²) < 4.78 is 7.28. The highest BCUT2D eigenvalue weighted by atomic mass is 32.1. The zero-order chi connectivity index (χ0) is 25.9. The number of nitrogens with two attached hydrogens (primary N) is 1. The molecule has 11 heteroatoms. The summed E-state index contributed by atoms with van der Waals surface area (Å²) in [5.41, 5.74) is 7.10. The van der Waals surface area contributed by atoms with Gasteiger partial charge in [-0.3, -0.25) is 14.2 Å². The Morgan fingerprint density at radius 2 is 2.18 bits per heavy atom. The third kappa shape index (κ3) is 3.93. The fourth-order valence-electron chi connectivity index (χ4n) is 6.02. The first kappa shape index (κ1) is 23.6. The number of carbonyl (C=O) groups is 1. The number of benzene rings is 1. The van der Waals surface area contributed by atoms with Crippen molar-refractivity contribution in [3.63, 3.8) is 0 Å². The van der Waals surface area contributed by atoms with Crippen molar-refractivity contribution < 1.29 is 9.53 Å². The van der Waals surface area contributed by atoms with Crippen molar-refractivity contribution in [2.24, 2.45) is 5.41 Å². The summed E-state index contributed by atoms with van der Waals surface area (Å²) >= 11 is 1.24. The molecule has 10 nitrogen and oxygen atoms in total. The third-order valence-corrected chi connectivity index (χ3v) is 9.12. The lowest BCUT2D eigenvalue weighted by Gasteiger charge is -2.23. The highest BCUT2D eigenvalue weighted by molar-refractivity contribution is 7.20. The summed E-state index contributed by atoms with van der Waals surface area (Å²) in [5, 5.41) is 8.34. The topological polar surface area (TPSA) is 127 Å². The molecule has 3 aliphatic rings. The lowest BCUT2D eigenvalue weighted by atomic mass is 9.87. The number of anilines is 2. The number of nitrogen functional groups attached to an aromatic ring is 1. The minimum atomic E-state index is -0.407. The molecule has 7 rings (SSSR count). The Labute approximate surface area is 222 Å². The molecule has 1 spiro atoms. The van der Waals surface area contributed by atoms with Gasteiger partial charge in [0.25, 0.3) is 11.5 Å². The lowest BCUT2D eigenvalue weighted by Crippen LogP contribution is -2.35. The second-order valence-electron chi connectivity index (χ2n) is 10.6. The van der Waals surface area contributed by atoms with E-state index in [-0.39, 0.29) is 23.2 Å². The molecule has 3 fully saturated rings. The summed E-state index contributed by atoms with van der Waals surface area (Å²) in [5.74, 6) is 0.652. The Balaban J connectivity index is 1.30. The number of carbonyl (C=O) groups excluding carboxylic acids is 1. The number of amides is 1. The number of hydrogen-bond donors (Lipinski definition) is 3. The minimum Gasteiger partial charge on any atom is -0.381 e. The molecular formula is C27H29N7O3S. The van der Waals surface area contributed by atoms with E-state index in [0.29, 0.717) is 20.9 Å². The molecule has 0 aliphatic carbocycles. The average molecular weight is 532 g/mol. The highest BCUT2D eigenvalue weighted by Gasteiger charge is 2.42. The normalized spacial score (nSPS) is 23.3. The van der Waals surface area contributed by atoms with Crippen molar-refractivity contribution in [3.8, 4) is 5.69 Å². The molecule has 3 aliphatic heterocycles. The van der Waals surface area contributed by atoms with E-state index >= 15 is 0 Å². The Morgan fingerprint density at radius 1 is 1.26 bits per heavy atom. The number of nitrogens with one attached hydrogen (secondary N) is 2. The molecule has 38 heavy (non-hydrogen) atoms. The van der Waals surface area contributed by atoms with E-state index in [9.17, 15) is 9.59 Å². The van der Waals surface area contributed by atoms with Gasteiger partial charge in [0.15, 0.2) is 5.82 Å². The fourth-order valence-corrected chi connectivity index (χ4v) is 6.94. The van der Waals surface area contributed by atoms with Crippen LogP contribution in [0.5, 0.6) is 0 Å². The maximum absolute atomic E-state index is 13.3. The monoisotopic (exact) mass is 531 g/mol. The largest absolute Gasteiger partial charge is 0.381 e. The second-order valence-corrected chi connectivity index (χ2v) is 11.6. The molecule has 3 aromatic heterocycles. The minimum absolute atomic E-state index is 0.0967. The van der Waals surface area contributed by atoms with Crippen LogP contribution in [0, 0.1) is 5.41 Å². The number of pyridine rings is 1. The zero-order valence-corrected chi connectivity index (χ0v) is 21.7. The Bertz CT molecular complexity index is 1620. The molecule has 0 radical (unpaired) electrons. The maximum atomic E-state index is 13.3. The van der Waals surface area contributed by atoms with Gasteiger partial charge in [-0.05, 0) is 55.5 Å². The van der Waals surface area contributed by atoms with E-state index in [1.807, 2.05) is 30.5 Å². The van der Waals surface area contributed by atoms with Crippen LogP contribution < -0.4 is 26.8 Å². The summed E-state index contributed by atoms with van der Waals surface area (Å²) in [7, 11) is 0. The van der Waals surface area contributed by atoms with Gasteiger partial charge >= 0.3 is 0 Å². The Morgan fingerprint density at radius 3 is 3.00 bits per heavy atom. The quantitative estimate of drug-likeness (QED) is 0.366. The van der Waals surface area contributed by atoms with E-state index in [0.717, 1.165) is 75.2 Å². The predicted molar refractivity (Wildman–Crippen MR) is 148 cm³/mol. The lowest BCUT2D eigenvalue weighted by molar-refractivity contribution is 0.0944. The average Bonchev–Trinajstić information content (AvgIpc) is 3.73. The van der Waals surface area contributed by atoms with Gasteiger partial charge < -0.3 is 26.0 Å². The van der Waals surface area contributed by atoms with Crippen molar-refractivity contribution in [3.05, 3.63) is 51.8 Å². The van der Waals surface area contributed by atoms with Crippen LogP contribution in [0.3, 0.4) is 0 Å². The summed E-state index contributed by atoms with van der Waals surface area (Å²) in [6.07, 6.45) is 4.90. The van der Waals surface area contributed by atoms with Crippen LogP contribution in [0.4, 0.5) is 11.6 Å². The summed E-state index contributed by atoms with van der Waals surface area (Å²) in [4.78, 5) is 38.7. The molecule has 2 atom stereocenters. The van der Waals surface area contributed by atoms with Gasteiger partial charge in [-0.1, -0.05) is 6.07 Å². The molecule has 3 saturated heterocycles. The predicted octanol–water partition coefficient (Wildman–Crippen LogP) is 2.29. The van der Waals surface area contributed by atoms with Gasteiger partial charge in [0, 0.05) is 49.3 Å². The summed E-state index contributed by atoms with van der Waals surface area (Å²) in [6, 6.07) is 9.73. The molecule has 4 N–H and O–H groups in total. The molecule has 0 bridgehead atoms. The van der Waals surface area contributed by atoms with E-state index in [1.54, 1.807) is 10.6 Å². The number of hydrogen-bond acceptors (Lipinski definition) is 9. The van der Waals surface area contributed by atoms with Gasteiger partial charge in [0.05, 0.1) is 22.7 Å². The molecule has 1 aromatic carbocycles. The van der Waals surface area contributed by atoms with Gasteiger partial charge in [-0.2, -0.15) is 0 Å². The SMILES string of the molecule is Nc1nc2sc(C(=O)N[C@@H]3CCNC3)cc2n(-c2ccc3ccnc(N4CCC5(CCOC5)C4)c3c2)c1=O. The molecular weight excluding hydrogens is 502 g/mol. The van der Waals surface area contributed by atoms with Crippen LogP contribution in [0.2, 0.25) is 0 Å². The van der Waals surface area contributed by atoms with E-state index < -0.39 is 5.56 Å². The van der Waals surface area contributed by atoms with Crippen LogP contribution in [0.15, 0.2) is 41.3 Å². The fraction of sp³-hybridized carbons (Fsp3) is 0.407. The first-order valence-electron chi connectivity index (χ1n) is 13.1. The molecule has 0 saturated carbocycles. The third-order valence-electron chi connectivity index (χ3n) is 8.11. The zero-order valence-electron chi connectivity index (χ0n) is 20.9. The maximum Gasteiger partial charge on any atom is 0.298 e. The van der Waals surface area contributed by atoms with Crippen molar-refractivity contribution in [1.82, 2.24) is 25.2 Å². The van der Waals surface area contributed by atoms with Crippen molar-refractivity contribution in [2.75, 3.05) is 50.0 Å². The van der Waals surface area contributed by atoms with Crippen LogP contribution in [-0.2, 0) is 4.74 Å². The van der Waals surface area contributed by atoms with E-state index in [2.05, 4.69) is 20.5 Å². The van der Waals surface area contributed by atoms with Gasteiger partial charge in [-0.15, -0.1) is 11.3 Å². The number of fused-ring (bicyclic) bond motifs is 2. The first-order valence-corrected chi connectivity index (χ1v) is 13.9. The number of ether oxygens (including phenoxy) is 1. The highest BCUT2D eigenvalue weighted by Crippen LogP contribution is 2.41. The second kappa shape index (κ2) is 9.04. The van der Waals surface area contributed by atoms with E-state index in [1.165, 1.54) is 11.3 Å². The molecule has 196 valence electrons. The first-order chi connectivity index (χ1) is 18.5. The Kier molecular flexibility index (Phi) is 5.60. The van der Waals surface area contributed by atoms with Gasteiger partial charge in [0.2, 0.25) is 0 Å². The van der Waals surface area contributed by atoms with Crippen LogP contribution in [0.1, 0.15) is 28.9 Å². The standard InChI is InChI=1S/C27H29N7O3S/c28-22-26(36)34(20-12-21(38-25(20)32-22)24(35)31-17-4-7-29-13-17)18-2-1-16-3-8-30-23(19(16)11-18)33-9-5-27(14-33)6-10-37-15-27/h1-3,8,11-12,17,29H,4-7,9-10,13-15H2,(H2,28,32)(H,31,35)/t17-,27?/m1/s1. The Hall–Kier alpha value is -3.54. The molecule has 4 aromatic rings. The van der Waals surface area contributed by atoms with Gasteiger partial charge in [-0.25, -0.2) is 9.97 Å². The van der Waals surface area contributed by atoms with Gasteiger partial charge in [0.1, 0.15) is 10.6 Å². The smallest absolute Gasteiger partial charge is 0.298 e. The molecule has 1 amide bonds. The van der Waals surface area contributed by atoms with Crippen molar-refractivity contribution in [2.45, 2.75) is 25.3 Å². The molecule has 6 heterocycles. The summed E-state index contributed by atoms with van der Waals surface area (Å²) in [6.45, 7) is 5.10. The number of aromatic nitrogens is 3. The number of thiophene rings is 1. The number of rotatable bonds is 4. The van der Waals surface area contributed by atoms with Crippen molar-refractivity contribution in [1.29, 1.82) is 0 Å². The van der Waals surface area contributed by atoms with Crippen LogP contribution >= 0.6 is 11.3 Å². The van der Waals surface area contributed by atoms with E-state index in [4.69, 9.17) is 15.5 Å². The molecule has 1 unspecified atom stereocenters.